The van der Waals surface area contributed by atoms with Crippen LogP contribution in [0.1, 0.15) is 6.92 Å². The predicted octanol–water partition coefficient (Wildman–Crippen LogP) is 2.43. The number of rotatable bonds is 3. The van der Waals surface area contributed by atoms with Crippen LogP contribution in [0.2, 0.25) is 0 Å². The fourth-order valence-corrected chi connectivity index (χ4v) is 0.464. The van der Waals surface area contributed by atoms with Crippen molar-refractivity contribution in [3.8, 4) is 0 Å². The molecule has 0 aliphatic heterocycles. The van der Waals surface area contributed by atoms with Crippen LogP contribution in [0.5, 0.6) is 0 Å². The smallest absolute Gasteiger partial charge is 0.0330 e. The van der Waals surface area contributed by atoms with Crippen LogP contribution in [0, 0.1) is 0 Å². The van der Waals surface area contributed by atoms with E-state index in [4.69, 9.17) is 0 Å². The average molecular weight is 127 g/mol. The Balaban J connectivity index is 3.19. The Hall–Kier alpha value is -0.500. The topological polar surface area (TPSA) is 12.4 Å². The molecule has 0 spiro atoms. The number of hydrogen-bond acceptors (Lipinski definition) is 2. The minimum atomic E-state index is 1.52. The van der Waals surface area contributed by atoms with E-state index in [9.17, 15) is 0 Å². The molecule has 1 nitrogen and oxygen atoms in total. The monoisotopic (exact) mass is 127 g/mol. The lowest BCUT2D eigenvalue weighted by Crippen LogP contribution is -1.50. The van der Waals surface area contributed by atoms with Crippen LogP contribution in [0.25, 0.3) is 0 Å². The second-order valence-corrected chi connectivity index (χ2v) is 1.87. The zero-order chi connectivity index (χ0) is 6.24. The molecule has 0 N–H and O–H groups in total. The maximum atomic E-state index is 3.84. The lowest BCUT2D eigenvalue weighted by Gasteiger charge is -1.73. The van der Waals surface area contributed by atoms with E-state index in [-0.39, 0.29) is 0 Å². The maximum Gasteiger partial charge on any atom is 0.0330 e. The minimum Gasteiger partial charge on any atom is -0.269 e. The molecular formula is C6H9NS. The van der Waals surface area contributed by atoms with E-state index in [2.05, 4.69) is 11.6 Å². The van der Waals surface area contributed by atoms with Gasteiger partial charge in [-0.1, -0.05) is 6.58 Å². The Labute approximate surface area is 54.2 Å². The van der Waals surface area contributed by atoms with Gasteiger partial charge in [0.05, 0.1) is 0 Å². The first kappa shape index (κ1) is 7.50. The van der Waals surface area contributed by atoms with Gasteiger partial charge in [-0.25, -0.2) is 0 Å². The summed E-state index contributed by atoms with van der Waals surface area (Å²) in [7, 11) is 0. The first-order valence-corrected chi connectivity index (χ1v) is 3.25. The maximum absolute atomic E-state index is 3.84. The molecule has 0 atom stereocenters. The van der Waals surface area contributed by atoms with Crippen molar-refractivity contribution < 1.29 is 0 Å². The van der Waals surface area contributed by atoms with Gasteiger partial charge in [0, 0.05) is 12.4 Å². The minimum absolute atomic E-state index is 1.52. The number of aliphatic imine (C=N–C) groups is 1. The van der Waals surface area contributed by atoms with E-state index in [0.29, 0.717) is 0 Å². The zero-order valence-corrected chi connectivity index (χ0v) is 5.69. The highest BCUT2D eigenvalue weighted by Crippen LogP contribution is 2.00. The molecule has 0 aliphatic carbocycles. The molecule has 0 saturated carbocycles. The summed E-state index contributed by atoms with van der Waals surface area (Å²) >= 11 is 1.52. The Kier molecular flexibility index (Phi) is 6.09. The summed E-state index contributed by atoms with van der Waals surface area (Å²) in [5, 5.41) is 3.62. The quantitative estimate of drug-likeness (QED) is 0.530. The Bertz CT molecular complexity index is 105. The van der Waals surface area contributed by atoms with Crippen LogP contribution >= 0.6 is 11.8 Å². The van der Waals surface area contributed by atoms with Crippen LogP contribution in [0.3, 0.4) is 0 Å². The normalized spacial score (nSPS) is 11.1. The van der Waals surface area contributed by atoms with Crippen LogP contribution in [0.15, 0.2) is 28.6 Å². The molecule has 0 heterocycles. The first-order chi connectivity index (χ1) is 3.91. The van der Waals surface area contributed by atoms with Gasteiger partial charge in [-0.3, -0.25) is 4.99 Å². The summed E-state index contributed by atoms with van der Waals surface area (Å²) in [5.74, 6) is 0. The van der Waals surface area contributed by atoms with Gasteiger partial charge >= 0.3 is 0 Å². The van der Waals surface area contributed by atoms with E-state index in [1.54, 1.807) is 17.8 Å². The first-order valence-electron chi connectivity index (χ1n) is 2.31. The van der Waals surface area contributed by atoms with Gasteiger partial charge in [0.2, 0.25) is 0 Å². The fraction of sp³-hybridized carbons (Fsp3) is 0.167. The van der Waals surface area contributed by atoms with Gasteiger partial charge in [-0.15, -0.1) is 11.8 Å². The molecule has 0 bridgehead atoms. The van der Waals surface area contributed by atoms with E-state index in [1.165, 1.54) is 11.8 Å². The molecule has 0 aliphatic rings. The summed E-state index contributed by atoms with van der Waals surface area (Å²) in [6.07, 6.45) is 3.46. The van der Waals surface area contributed by atoms with E-state index in [1.807, 2.05) is 12.3 Å². The molecule has 0 fully saturated rings. The van der Waals surface area contributed by atoms with Gasteiger partial charge in [0.1, 0.15) is 0 Å². The molecular weight excluding hydrogens is 118 g/mol. The Morgan fingerprint density at radius 3 is 2.88 bits per heavy atom. The fourth-order valence-electron chi connectivity index (χ4n) is 0.212. The highest BCUT2D eigenvalue weighted by Gasteiger charge is 1.61. The van der Waals surface area contributed by atoms with Gasteiger partial charge in [-0.2, -0.15) is 0 Å². The molecule has 2 heteroatoms. The summed E-state index contributed by atoms with van der Waals surface area (Å²) < 4.78 is 0. The second kappa shape index (κ2) is 6.50. The number of nitrogens with zero attached hydrogens (tertiary/aromatic N) is 1. The third-order valence-corrected chi connectivity index (χ3v) is 0.942. The lowest BCUT2D eigenvalue weighted by molar-refractivity contribution is 1.60. The van der Waals surface area contributed by atoms with Crippen molar-refractivity contribution in [2.24, 2.45) is 4.99 Å². The highest BCUT2D eigenvalue weighted by atomic mass is 32.2. The lowest BCUT2D eigenvalue weighted by atomic mass is 10.9. The molecule has 44 valence electrons. The van der Waals surface area contributed by atoms with E-state index >= 15 is 0 Å². The molecule has 8 heavy (non-hydrogen) atoms. The SMILES string of the molecule is C=CS/C=C\N=C\C. The molecule has 0 radical (unpaired) electrons. The Morgan fingerprint density at radius 1 is 1.62 bits per heavy atom. The molecule has 0 aromatic heterocycles. The third kappa shape index (κ3) is 5.50. The van der Waals surface area contributed by atoms with Crippen molar-refractivity contribution >= 4 is 18.0 Å². The summed E-state index contributed by atoms with van der Waals surface area (Å²) in [6.45, 7) is 5.40. The van der Waals surface area contributed by atoms with Crippen molar-refractivity contribution in [1.82, 2.24) is 0 Å². The Morgan fingerprint density at radius 2 is 2.38 bits per heavy atom. The van der Waals surface area contributed by atoms with Crippen molar-refractivity contribution in [2.75, 3.05) is 0 Å². The largest absolute Gasteiger partial charge is 0.269 e. The van der Waals surface area contributed by atoms with Crippen molar-refractivity contribution in [3.63, 3.8) is 0 Å². The van der Waals surface area contributed by atoms with E-state index in [0.717, 1.165) is 0 Å². The molecule has 0 aromatic carbocycles. The predicted molar refractivity (Wildman–Crippen MR) is 41.1 cm³/mol. The van der Waals surface area contributed by atoms with Crippen LogP contribution in [-0.2, 0) is 0 Å². The van der Waals surface area contributed by atoms with E-state index < -0.39 is 0 Å². The number of thioether (sulfide) groups is 1. The van der Waals surface area contributed by atoms with Gasteiger partial charge in [-0.05, 0) is 17.7 Å². The highest BCUT2D eigenvalue weighted by molar-refractivity contribution is 8.04. The zero-order valence-electron chi connectivity index (χ0n) is 4.87. The van der Waals surface area contributed by atoms with Crippen LogP contribution in [-0.4, -0.2) is 6.21 Å². The number of hydrogen-bond donors (Lipinski definition) is 0. The van der Waals surface area contributed by atoms with Gasteiger partial charge < -0.3 is 0 Å². The molecule has 0 amide bonds. The standard InChI is InChI=1S/C6H9NS/c1-3-7-5-6-8-4-2/h3-6H,2H2,1H3/b6-5-,7-3+. The molecule has 0 rings (SSSR count). The third-order valence-electron chi connectivity index (χ3n) is 0.471. The molecule has 0 saturated heterocycles. The van der Waals surface area contributed by atoms with Crippen molar-refractivity contribution in [3.05, 3.63) is 23.6 Å². The second-order valence-electron chi connectivity index (χ2n) is 0.995. The summed E-state index contributed by atoms with van der Waals surface area (Å²) in [4.78, 5) is 3.84. The summed E-state index contributed by atoms with van der Waals surface area (Å²) in [5.41, 5.74) is 0. The average Bonchev–Trinajstić information content (AvgIpc) is 1.81. The van der Waals surface area contributed by atoms with Gasteiger partial charge in [0.25, 0.3) is 0 Å². The van der Waals surface area contributed by atoms with Crippen molar-refractivity contribution in [1.29, 1.82) is 0 Å². The van der Waals surface area contributed by atoms with Crippen molar-refractivity contribution in [2.45, 2.75) is 6.92 Å². The summed E-state index contributed by atoms with van der Waals surface area (Å²) in [6, 6.07) is 0. The molecule has 0 unspecified atom stereocenters. The van der Waals surface area contributed by atoms with Gasteiger partial charge in [0.15, 0.2) is 0 Å². The molecule has 0 aromatic rings. The van der Waals surface area contributed by atoms with Crippen LogP contribution in [0.4, 0.5) is 0 Å². The van der Waals surface area contributed by atoms with Crippen LogP contribution < -0.4 is 0 Å².